The van der Waals surface area contributed by atoms with Gasteiger partial charge in [-0.2, -0.15) is 0 Å². The fourth-order valence-electron chi connectivity index (χ4n) is 3.53. The Labute approximate surface area is 116 Å². The zero-order valence-corrected chi connectivity index (χ0v) is 12.1. The largest absolute Gasteiger partial charge is 0.299 e. The van der Waals surface area contributed by atoms with E-state index in [1.165, 1.54) is 32.1 Å². The number of unbranched alkanes of at least 4 members (excludes halogenated alkanes) is 5. The Hall–Kier alpha value is -0.920. The second kappa shape index (κ2) is 6.49. The fourth-order valence-corrected chi connectivity index (χ4v) is 3.53. The molecule has 1 fully saturated rings. The van der Waals surface area contributed by atoms with Crippen LogP contribution in [0.3, 0.4) is 0 Å². The molecule has 2 aliphatic rings. The van der Waals surface area contributed by atoms with Gasteiger partial charge in [-0.15, -0.1) is 0 Å². The first-order valence-corrected chi connectivity index (χ1v) is 7.91. The predicted octanol–water partition coefficient (Wildman–Crippen LogP) is 4.23. The third-order valence-corrected chi connectivity index (χ3v) is 4.77. The molecule has 1 atom stereocenters. The Kier molecular flexibility index (Phi) is 4.95. The number of carbonyl (C=O) groups is 2. The van der Waals surface area contributed by atoms with Crippen LogP contribution in [0.2, 0.25) is 0 Å². The summed E-state index contributed by atoms with van der Waals surface area (Å²) in [5, 5.41) is 0. The normalized spacial score (nSPS) is 24.8. The van der Waals surface area contributed by atoms with E-state index in [1.807, 2.05) is 0 Å². The topological polar surface area (TPSA) is 34.1 Å². The molecule has 0 heterocycles. The van der Waals surface area contributed by atoms with Gasteiger partial charge in [0.1, 0.15) is 5.78 Å². The van der Waals surface area contributed by atoms with E-state index >= 15 is 0 Å². The molecule has 0 aromatic carbocycles. The highest BCUT2D eigenvalue weighted by Crippen LogP contribution is 2.46. The molecule has 2 heteroatoms. The highest BCUT2D eigenvalue weighted by molar-refractivity contribution is 6.12. The smallest absolute Gasteiger partial charge is 0.150 e. The van der Waals surface area contributed by atoms with E-state index in [0.717, 1.165) is 25.7 Å². The SMILES string of the molecule is CCCCCCCCC1C(=O)CC2(CC=CC2)C1=O. The van der Waals surface area contributed by atoms with Gasteiger partial charge >= 0.3 is 0 Å². The van der Waals surface area contributed by atoms with Crippen LogP contribution in [0.15, 0.2) is 12.2 Å². The lowest BCUT2D eigenvalue weighted by Gasteiger charge is -2.19. The van der Waals surface area contributed by atoms with Crippen LogP contribution < -0.4 is 0 Å². The van der Waals surface area contributed by atoms with Crippen molar-refractivity contribution in [1.29, 1.82) is 0 Å². The molecule has 0 bridgehead atoms. The quantitative estimate of drug-likeness (QED) is 0.391. The fraction of sp³-hybridized carbons (Fsp3) is 0.765. The van der Waals surface area contributed by atoms with Crippen molar-refractivity contribution >= 4 is 11.6 Å². The van der Waals surface area contributed by atoms with E-state index in [4.69, 9.17) is 0 Å². The molecule has 2 aliphatic carbocycles. The van der Waals surface area contributed by atoms with Crippen LogP contribution in [0.4, 0.5) is 0 Å². The molecule has 0 saturated heterocycles. The zero-order valence-electron chi connectivity index (χ0n) is 12.1. The Morgan fingerprint density at radius 3 is 2.37 bits per heavy atom. The minimum absolute atomic E-state index is 0.210. The van der Waals surface area contributed by atoms with E-state index in [0.29, 0.717) is 6.42 Å². The molecule has 2 rings (SSSR count). The lowest BCUT2D eigenvalue weighted by molar-refractivity contribution is -0.130. The number of carbonyl (C=O) groups excluding carboxylic acids is 2. The van der Waals surface area contributed by atoms with Crippen molar-refractivity contribution in [3.63, 3.8) is 0 Å². The standard InChI is InChI=1S/C17H26O2/c1-2-3-4-5-6-7-10-14-15(18)13-17(16(14)19)11-8-9-12-17/h8-9,14H,2-7,10-13H2,1H3. The van der Waals surface area contributed by atoms with Crippen molar-refractivity contribution in [2.75, 3.05) is 0 Å². The summed E-state index contributed by atoms with van der Waals surface area (Å²) in [7, 11) is 0. The summed E-state index contributed by atoms with van der Waals surface area (Å²) in [6, 6.07) is 0. The first kappa shape index (κ1) is 14.5. The van der Waals surface area contributed by atoms with Gasteiger partial charge in [0.15, 0.2) is 5.78 Å². The highest BCUT2D eigenvalue weighted by Gasteiger charge is 2.51. The maximum absolute atomic E-state index is 12.4. The summed E-state index contributed by atoms with van der Waals surface area (Å²) in [6.07, 6.45) is 14.3. The predicted molar refractivity (Wildman–Crippen MR) is 76.9 cm³/mol. The minimum atomic E-state index is -0.316. The zero-order chi connectivity index (χ0) is 13.7. The second-order valence-corrected chi connectivity index (χ2v) is 6.28. The third-order valence-electron chi connectivity index (χ3n) is 4.77. The van der Waals surface area contributed by atoms with Gasteiger partial charge in [0.2, 0.25) is 0 Å². The minimum Gasteiger partial charge on any atom is -0.299 e. The Morgan fingerprint density at radius 2 is 1.68 bits per heavy atom. The van der Waals surface area contributed by atoms with Crippen molar-refractivity contribution in [1.82, 2.24) is 0 Å². The van der Waals surface area contributed by atoms with E-state index in [-0.39, 0.29) is 22.9 Å². The van der Waals surface area contributed by atoms with Gasteiger partial charge < -0.3 is 0 Å². The van der Waals surface area contributed by atoms with Crippen LogP contribution >= 0.6 is 0 Å². The molecule has 0 N–H and O–H groups in total. The molecule has 0 aromatic heterocycles. The lowest BCUT2D eigenvalue weighted by Crippen LogP contribution is -2.26. The maximum Gasteiger partial charge on any atom is 0.150 e. The van der Waals surface area contributed by atoms with Crippen molar-refractivity contribution in [3.05, 3.63) is 12.2 Å². The van der Waals surface area contributed by atoms with Crippen LogP contribution in [0.5, 0.6) is 0 Å². The molecule has 0 amide bonds. The molecule has 1 saturated carbocycles. The van der Waals surface area contributed by atoms with E-state index in [2.05, 4.69) is 19.1 Å². The van der Waals surface area contributed by atoms with Crippen LogP contribution in [0, 0.1) is 11.3 Å². The van der Waals surface area contributed by atoms with Crippen LogP contribution in [0.1, 0.15) is 71.1 Å². The summed E-state index contributed by atoms with van der Waals surface area (Å²) in [5.41, 5.74) is -0.316. The number of allylic oxidation sites excluding steroid dienone is 2. The van der Waals surface area contributed by atoms with Gasteiger partial charge in [-0.3, -0.25) is 9.59 Å². The van der Waals surface area contributed by atoms with Gasteiger partial charge in [0, 0.05) is 11.8 Å². The highest BCUT2D eigenvalue weighted by atomic mass is 16.2. The molecule has 19 heavy (non-hydrogen) atoms. The summed E-state index contributed by atoms with van der Waals surface area (Å²) >= 11 is 0. The number of hydrogen-bond donors (Lipinski definition) is 0. The third kappa shape index (κ3) is 3.16. The van der Waals surface area contributed by atoms with Gasteiger partial charge in [-0.1, -0.05) is 57.6 Å². The van der Waals surface area contributed by atoms with Crippen LogP contribution in [-0.2, 0) is 9.59 Å². The molecular weight excluding hydrogens is 236 g/mol. The molecule has 106 valence electrons. The van der Waals surface area contributed by atoms with Crippen molar-refractivity contribution in [2.24, 2.45) is 11.3 Å². The maximum atomic E-state index is 12.4. The molecule has 0 radical (unpaired) electrons. The molecule has 2 nitrogen and oxygen atoms in total. The first-order valence-electron chi connectivity index (χ1n) is 7.91. The van der Waals surface area contributed by atoms with Gasteiger partial charge in [0.25, 0.3) is 0 Å². The van der Waals surface area contributed by atoms with Crippen LogP contribution in [0.25, 0.3) is 0 Å². The molecular formula is C17H26O2. The average molecular weight is 262 g/mol. The van der Waals surface area contributed by atoms with Crippen molar-refractivity contribution in [2.45, 2.75) is 71.1 Å². The number of hydrogen-bond acceptors (Lipinski definition) is 2. The number of rotatable bonds is 7. The number of ketones is 2. The Balaban J connectivity index is 1.75. The lowest BCUT2D eigenvalue weighted by atomic mass is 9.81. The van der Waals surface area contributed by atoms with Crippen molar-refractivity contribution < 1.29 is 9.59 Å². The average Bonchev–Trinajstić information content (AvgIpc) is 2.94. The summed E-state index contributed by atoms with van der Waals surface area (Å²) < 4.78 is 0. The Bertz CT molecular complexity index is 359. The summed E-state index contributed by atoms with van der Waals surface area (Å²) in [6.45, 7) is 2.21. The Morgan fingerprint density at radius 1 is 1.05 bits per heavy atom. The number of Topliss-reactive ketones (excluding diaryl/α,β-unsaturated/α-hetero) is 2. The van der Waals surface area contributed by atoms with E-state index in [1.54, 1.807) is 0 Å². The van der Waals surface area contributed by atoms with Gasteiger partial charge in [0.05, 0.1) is 5.92 Å². The van der Waals surface area contributed by atoms with Crippen LogP contribution in [-0.4, -0.2) is 11.6 Å². The van der Waals surface area contributed by atoms with E-state index in [9.17, 15) is 9.59 Å². The second-order valence-electron chi connectivity index (χ2n) is 6.28. The van der Waals surface area contributed by atoms with Gasteiger partial charge in [-0.05, 0) is 19.3 Å². The van der Waals surface area contributed by atoms with E-state index < -0.39 is 0 Å². The first-order chi connectivity index (χ1) is 9.19. The monoisotopic (exact) mass is 262 g/mol. The molecule has 1 unspecified atom stereocenters. The summed E-state index contributed by atoms with van der Waals surface area (Å²) in [4.78, 5) is 24.5. The van der Waals surface area contributed by atoms with Crippen molar-refractivity contribution in [3.8, 4) is 0 Å². The molecule has 0 aliphatic heterocycles. The summed E-state index contributed by atoms with van der Waals surface area (Å²) in [5.74, 6) is 0.185. The van der Waals surface area contributed by atoms with Gasteiger partial charge in [-0.25, -0.2) is 0 Å². The molecule has 1 spiro atoms. The molecule has 0 aromatic rings.